The molecule has 0 spiro atoms. The van der Waals surface area contributed by atoms with Crippen LogP contribution in [-0.4, -0.2) is 23.3 Å². The lowest BCUT2D eigenvalue weighted by atomic mass is 10.2. The van der Waals surface area contributed by atoms with Crippen molar-refractivity contribution in [1.29, 1.82) is 0 Å². The summed E-state index contributed by atoms with van der Waals surface area (Å²) in [6, 6.07) is 6.48. The smallest absolute Gasteiger partial charge is 0.118 e. The van der Waals surface area contributed by atoms with E-state index in [4.69, 9.17) is 4.74 Å². The minimum atomic E-state index is -1.34. The molecular weight excluding hydrogens is 252 g/mol. The molecule has 0 amide bonds. The van der Waals surface area contributed by atoms with E-state index in [1.165, 1.54) is 10.8 Å². The first-order valence-corrected chi connectivity index (χ1v) is 13.6. The minimum Gasteiger partial charge on any atom is -0.497 e. The lowest BCUT2D eigenvalue weighted by Crippen LogP contribution is -2.39. The van der Waals surface area contributed by atoms with E-state index >= 15 is 0 Å². The van der Waals surface area contributed by atoms with Gasteiger partial charge in [-0.15, -0.1) is 0 Å². The van der Waals surface area contributed by atoms with Gasteiger partial charge in [0.05, 0.1) is 23.3 Å². The zero-order valence-electron chi connectivity index (χ0n) is 12.8. The molecule has 1 aromatic rings. The second kappa shape index (κ2) is 5.45. The van der Waals surface area contributed by atoms with E-state index in [2.05, 4.69) is 69.3 Å². The summed E-state index contributed by atoms with van der Waals surface area (Å²) in [6.45, 7) is 14.2. The van der Waals surface area contributed by atoms with Crippen molar-refractivity contribution in [2.24, 2.45) is 0 Å². The quantitative estimate of drug-likeness (QED) is 0.753. The monoisotopic (exact) mass is 278 g/mol. The summed E-state index contributed by atoms with van der Waals surface area (Å²) in [5, 5.41) is 1.48. The average molecular weight is 279 g/mol. The van der Waals surface area contributed by atoms with Crippen LogP contribution >= 0.6 is 0 Å². The molecule has 0 unspecified atom stereocenters. The molecule has 1 rings (SSSR count). The van der Waals surface area contributed by atoms with Gasteiger partial charge in [-0.25, -0.2) is 0 Å². The number of ether oxygens (including phenoxy) is 1. The molecule has 0 heterocycles. The Kier molecular flexibility index (Phi) is 4.62. The molecule has 18 heavy (non-hydrogen) atoms. The fraction of sp³-hybridized carbons (Fsp3) is 0.467. The molecule has 1 aromatic carbocycles. The topological polar surface area (TPSA) is 9.23 Å². The number of methoxy groups -OCH3 is 1. The predicted octanol–water partition coefficient (Wildman–Crippen LogP) is 4.13. The molecule has 0 saturated heterocycles. The average Bonchev–Trinajstić information content (AvgIpc) is 2.24. The van der Waals surface area contributed by atoms with Crippen LogP contribution in [0.1, 0.15) is 5.56 Å². The van der Waals surface area contributed by atoms with Crippen LogP contribution in [0.5, 0.6) is 5.75 Å². The first kappa shape index (κ1) is 15.3. The second-order valence-electron chi connectivity index (χ2n) is 6.90. The molecule has 0 fully saturated rings. The van der Waals surface area contributed by atoms with Gasteiger partial charge in [0.25, 0.3) is 0 Å². The Hall–Kier alpha value is -0.806. The Labute approximate surface area is 114 Å². The van der Waals surface area contributed by atoms with Crippen molar-refractivity contribution in [1.82, 2.24) is 0 Å². The van der Waals surface area contributed by atoms with Gasteiger partial charge in [-0.2, -0.15) is 0 Å². The van der Waals surface area contributed by atoms with Crippen molar-refractivity contribution >= 4 is 27.4 Å². The maximum absolute atomic E-state index is 5.36. The maximum Gasteiger partial charge on any atom is 0.118 e. The van der Waals surface area contributed by atoms with Crippen LogP contribution in [0.3, 0.4) is 0 Å². The third-order valence-electron chi connectivity index (χ3n) is 2.83. The van der Waals surface area contributed by atoms with E-state index in [1.807, 2.05) is 0 Å². The van der Waals surface area contributed by atoms with Gasteiger partial charge in [0, 0.05) is 0 Å². The predicted molar refractivity (Wildman–Crippen MR) is 88.4 cm³/mol. The van der Waals surface area contributed by atoms with Gasteiger partial charge in [0.15, 0.2) is 0 Å². The molecule has 1 nitrogen and oxygen atoms in total. The highest BCUT2D eigenvalue weighted by Crippen LogP contribution is 2.17. The molecular formula is C15H26OSi2. The largest absolute Gasteiger partial charge is 0.497 e. The normalized spacial score (nSPS) is 13.1. The second-order valence-corrected chi connectivity index (χ2v) is 17.0. The molecule has 3 heteroatoms. The van der Waals surface area contributed by atoms with E-state index in [0.29, 0.717) is 0 Å². The highest BCUT2D eigenvalue weighted by Gasteiger charge is 2.20. The van der Waals surface area contributed by atoms with Gasteiger partial charge >= 0.3 is 0 Å². The number of hydrogen-bond acceptors (Lipinski definition) is 1. The zero-order valence-corrected chi connectivity index (χ0v) is 14.8. The van der Waals surface area contributed by atoms with Gasteiger partial charge in [0.2, 0.25) is 0 Å². The Morgan fingerprint density at radius 3 is 2.06 bits per heavy atom. The lowest BCUT2D eigenvalue weighted by Gasteiger charge is -2.21. The van der Waals surface area contributed by atoms with Crippen molar-refractivity contribution in [3.05, 3.63) is 29.5 Å². The highest BCUT2D eigenvalue weighted by molar-refractivity contribution is 6.89. The Bertz CT molecular complexity index is 437. The SMILES string of the molecule is COc1ccc(C=C[Si](C)(C)C)c([Si](C)(C)C)c1. The van der Waals surface area contributed by atoms with Crippen LogP contribution in [0.2, 0.25) is 39.3 Å². The van der Waals surface area contributed by atoms with Crippen LogP contribution in [-0.2, 0) is 0 Å². The summed E-state index contributed by atoms with van der Waals surface area (Å²) in [7, 11) is -0.741. The van der Waals surface area contributed by atoms with Crippen molar-refractivity contribution in [2.75, 3.05) is 7.11 Å². The van der Waals surface area contributed by atoms with Crippen LogP contribution in [0, 0.1) is 0 Å². The Morgan fingerprint density at radius 1 is 1.00 bits per heavy atom. The van der Waals surface area contributed by atoms with Crippen molar-refractivity contribution in [2.45, 2.75) is 39.3 Å². The molecule has 0 radical (unpaired) electrons. The van der Waals surface area contributed by atoms with E-state index in [-0.39, 0.29) is 0 Å². The molecule has 100 valence electrons. The summed E-state index contributed by atoms with van der Waals surface area (Å²) < 4.78 is 5.36. The van der Waals surface area contributed by atoms with Crippen molar-refractivity contribution in [3.8, 4) is 5.75 Å². The van der Waals surface area contributed by atoms with Crippen LogP contribution in [0.25, 0.3) is 6.08 Å². The summed E-state index contributed by atoms with van der Waals surface area (Å²) in [6.07, 6.45) is 2.32. The number of hydrogen-bond donors (Lipinski definition) is 0. The fourth-order valence-electron chi connectivity index (χ4n) is 1.80. The summed E-state index contributed by atoms with van der Waals surface area (Å²) in [5.74, 6) is 0.970. The molecule has 0 aliphatic carbocycles. The lowest BCUT2D eigenvalue weighted by molar-refractivity contribution is 0.415. The Morgan fingerprint density at radius 2 is 1.61 bits per heavy atom. The van der Waals surface area contributed by atoms with Crippen molar-refractivity contribution < 1.29 is 4.74 Å². The van der Waals surface area contributed by atoms with Gasteiger partial charge < -0.3 is 4.74 Å². The van der Waals surface area contributed by atoms with Crippen LogP contribution in [0.15, 0.2) is 23.9 Å². The van der Waals surface area contributed by atoms with Gasteiger partial charge in [-0.1, -0.05) is 57.1 Å². The standard InChI is InChI=1S/C15H26OSi2/c1-16-14-9-8-13(10-11-17(2,3)4)15(12-14)18(5,6)7/h8-12H,1-7H3. The van der Waals surface area contributed by atoms with Crippen LogP contribution in [0.4, 0.5) is 0 Å². The molecule has 0 bridgehead atoms. The highest BCUT2D eigenvalue weighted by atomic mass is 28.3. The van der Waals surface area contributed by atoms with Gasteiger partial charge in [-0.05, 0) is 22.9 Å². The zero-order chi connectivity index (χ0) is 14.0. The van der Waals surface area contributed by atoms with E-state index < -0.39 is 16.1 Å². The van der Waals surface area contributed by atoms with E-state index in [1.54, 1.807) is 7.11 Å². The third-order valence-corrected chi connectivity index (χ3v) is 6.05. The van der Waals surface area contributed by atoms with Crippen molar-refractivity contribution in [3.63, 3.8) is 0 Å². The molecule has 0 aliphatic heterocycles. The fourth-order valence-corrected chi connectivity index (χ4v) is 4.08. The van der Waals surface area contributed by atoms with E-state index in [9.17, 15) is 0 Å². The number of benzene rings is 1. The molecule has 0 atom stereocenters. The first-order valence-electron chi connectivity index (χ1n) is 6.51. The summed E-state index contributed by atoms with van der Waals surface area (Å²) in [5.41, 5.74) is 3.79. The molecule has 0 aliphatic rings. The summed E-state index contributed by atoms with van der Waals surface area (Å²) in [4.78, 5) is 0. The first-order chi connectivity index (χ1) is 8.13. The summed E-state index contributed by atoms with van der Waals surface area (Å²) >= 11 is 0. The molecule has 0 saturated carbocycles. The Balaban J connectivity index is 3.23. The molecule has 0 aromatic heterocycles. The van der Waals surface area contributed by atoms with Gasteiger partial charge in [-0.3, -0.25) is 0 Å². The van der Waals surface area contributed by atoms with Crippen LogP contribution < -0.4 is 9.92 Å². The number of rotatable bonds is 4. The third kappa shape index (κ3) is 4.46. The maximum atomic E-state index is 5.36. The van der Waals surface area contributed by atoms with E-state index in [0.717, 1.165) is 5.75 Å². The minimum absolute atomic E-state index is 0.970. The van der Waals surface area contributed by atoms with Gasteiger partial charge in [0.1, 0.15) is 5.75 Å². The molecule has 0 N–H and O–H groups in total.